The summed E-state index contributed by atoms with van der Waals surface area (Å²) in [4.78, 5) is 12.0. The maximum Gasteiger partial charge on any atom is 0.221 e. The van der Waals surface area contributed by atoms with Gasteiger partial charge in [-0.15, -0.1) is 11.8 Å². The Bertz CT molecular complexity index is 346. The minimum atomic E-state index is -0.0400. The lowest BCUT2D eigenvalue weighted by atomic mass is 10.3. The maximum absolute atomic E-state index is 10.8. The first-order valence-corrected chi connectivity index (χ1v) is 5.84. The highest BCUT2D eigenvalue weighted by atomic mass is 32.2. The van der Waals surface area contributed by atoms with Crippen molar-refractivity contribution in [3.05, 3.63) is 24.3 Å². The van der Waals surface area contributed by atoms with E-state index in [4.69, 9.17) is 4.74 Å². The van der Waals surface area contributed by atoms with E-state index >= 15 is 0 Å². The van der Waals surface area contributed by atoms with Crippen molar-refractivity contribution in [1.82, 2.24) is 0 Å². The second kappa shape index (κ2) is 4.68. The fraction of sp³-hybridized carbons (Fsp3) is 0.364. The van der Waals surface area contributed by atoms with Crippen molar-refractivity contribution < 1.29 is 9.53 Å². The third-order valence-corrected chi connectivity index (χ3v) is 3.16. The highest BCUT2D eigenvalue weighted by Gasteiger charge is 2.21. The van der Waals surface area contributed by atoms with E-state index in [0.717, 1.165) is 18.0 Å². The number of ether oxygens (including phenoxy) is 1. The van der Waals surface area contributed by atoms with Crippen LogP contribution in [0.2, 0.25) is 0 Å². The molecule has 1 aromatic rings. The van der Waals surface area contributed by atoms with Gasteiger partial charge in [0.2, 0.25) is 5.91 Å². The first-order valence-electron chi connectivity index (χ1n) is 4.86. The molecule has 15 heavy (non-hydrogen) atoms. The van der Waals surface area contributed by atoms with Gasteiger partial charge in [-0.3, -0.25) is 4.79 Å². The fourth-order valence-corrected chi connectivity index (χ4v) is 2.09. The van der Waals surface area contributed by atoms with Crippen molar-refractivity contribution in [3.8, 4) is 0 Å². The number of benzene rings is 1. The molecule has 1 unspecified atom stereocenters. The summed E-state index contributed by atoms with van der Waals surface area (Å²) in [6.07, 6.45) is 0.449. The number of nitrogens with one attached hydrogen (secondary N) is 1. The van der Waals surface area contributed by atoms with Crippen molar-refractivity contribution >= 4 is 23.4 Å². The molecule has 1 atom stereocenters. The van der Waals surface area contributed by atoms with Gasteiger partial charge in [-0.1, -0.05) is 0 Å². The molecule has 1 fully saturated rings. The summed E-state index contributed by atoms with van der Waals surface area (Å²) in [5.41, 5.74) is 0.842. The Morgan fingerprint density at radius 1 is 1.53 bits per heavy atom. The van der Waals surface area contributed by atoms with E-state index in [0.29, 0.717) is 6.10 Å². The minimum absolute atomic E-state index is 0.0400. The van der Waals surface area contributed by atoms with E-state index in [1.807, 2.05) is 24.3 Å². The van der Waals surface area contributed by atoms with E-state index in [2.05, 4.69) is 5.32 Å². The van der Waals surface area contributed by atoms with Crippen LogP contribution in [0.5, 0.6) is 0 Å². The summed E-state index contributed by atoms with van der Waals surface area (Å²) >= 11 is 1.78. The molecular weight excluding hydrogens is 210 g/mol. The Balaban J connectivity index is 1.87. The van der Waals surface area contributed by atoms with Crippen molar-refractivity contribution in [1.29, 1.82) is 0 Å². The Kier molecular flexibility index (Phi) is 3.28. The van der Waals surface area contributed by atoms with E-state index in [1.54, 1.807) is 11.8 Å². The highest BCUT2D eigenvalue weighted by molar-refractivity contribution is 7.99. The van der Waals surface area contributed by atoms with E-state index < -0.39 is 0 Å². The van der Waals surface area contributed by atoms with Gasteiger partial charge in [0.25, 0.3) is 0 Å². The molecule has 1 N–H and O–H groups in total. The van der Waals surface area contributed by atoms with E-state index in [1.165, 1.54) is 11.8 Å². The zero-order valence-electron chi connectivity index (χ0n) is 8.53. The molecule has 1 aliphatic heterocycles. The van der Waals surface area contributed by atoms with Crippen LogP contribution >= 0.6 is 11.8 Å². The third kappa shape index (κ3) is 3.57. The van der Waals surface area contributed by atoms with Crippen molar-refractivity contribution in [2.24, 2.45) is 0 Å². The normalized spacial score (nSPS) is 18.6. The molecule has 1 heterocycles. The molecule has 0 aliphatic carbocycles. The predicted octanol–water partition coefficient (Wildman–Crippen LogP) is 2.14. The second-order valence-corrected chi connectivity index (χ2v) is 4.57. The van der Waals surface area contributed by atoms with Gasteiger partial charge in [0.1, 0.15) is 0 Å². The molecular formula is C11H13NO2S. The highest BCUT2D eigenvalue weighted by Crippen LogP contribution is 2.24. The van der Waals surface area contributed by atoms with Crippen LogP contribution < -0.4 is 5.32 Å². The number of hydrogen-bond donors (Lipinski definition) is 1. The smallest absolute Gasteiger partial charge is 0.221 e. The summed E-state index contributed by atoms with van der Waals surface area (Å²) in [6, 6.07) is 7.85. The molecule has 80 valence electrons. The predicted molar refractivity (Wildman–Crippen MR) is 61.2 cm³/mol. The lowest BCUT2D eigenvalue weighted by Gasteiger charge is -2.03. The van der Waals surface area contributed by atoms with Gasteiger partial charge in [-0.25, -0.2) is 0 Å². The lowest BCUT2D eigenvalue weighted by molar-refractivity contribution is -0.114. The summed E-state index contributed by atoms with van der Waals surface area (Å²) in [5.74, 6) is 0.973. The number of carbonyl (C=O) groups excluding carboxylic acids is 1. The monoisotopic (exact) mass is 223 g/mol. The van der Waals surface area contributed by atoms with Crippen LogP contribution in [-0.4, -0.2) is 24.4 Å². The SMILES string of the molecule is CC(=O)Nc1ccc(SCC2CO2)cc1. The Morgan fingerprint density at radius 3 is 2.73 bits per heavy atom. The van der Waals surface area contributed by atoms with Crippen LogP contribution in [0.4, 0.5) is 5.69 Å². The standard InChI is InChI=1S/C11H13NO2S/c1-8(13)12-9-2-4-11(5-3-9)15-7-10-6-14-10/h2-5,10H,6-7H2,1H3,(H,12,13). The molecule has 0 saturated carbocycles. The molecule has 0 radical (unpaired) electrons. The molecule has 4 heteroatoms. The van der Waals surface area contributed by atoms with Gasteiger partial charge >= 0.3 is 0 Å². The fourth-order valence-electron chi connectivity index (χ4n) is 1.19. The molecule has 0 spiro atoms. The second-order valence-electron chi connectivity index (χ2n) is 3.47. The minimum Gasteiger partial charge on any atom is -0.372 e. The summed E-state index contributed by atoms with van der Waals surface area (Å²) < 4.78 is 5.13. The molecule has 2 rings (SSSR count). The van der Waals surface area contributed by atoms with Gasteiger partial charge < -0.3 is 10.1 Å². The van der Waals surface area contributed by atoms with Gasteiger partial charge in [0.05, 0.1) is 12.7 Å². The summed E-state index contributed by atoms with van der Waals surface area (Å²) in [7, 11) is 0. The van der Waals surface area contributed by atoms with Gasteiger partial charge in [0.15, 0.2) is 0 Å². The Morgan fingerprint density at radius 2 is 2.20 bits per heavy atom. The molecule has 3 nitrogen and oxygen atoms in total. The molecule has 1 aromatic carbocycles. The largest absolute Gasteiger partial charge is 0.372 e. The van der Waals surface area contributed by atoms with Crippen LogP contribution in [0.15, 0.2) is 29.2 Å². The number of amides is 1. The van der Waals surface area contributed by atoms with Crippen molar-refractivity contribution in [2.45, 2.75) is 17.9 Å². The number of epoxide rings is 1. The molecule has 1 saturated heterocycles. The van der Waals surface area contributed by atoms with E-state index in [9.17, 15) is 4.79 Å². The average Bonchev–Trinajstić information content (AvgIpc) is 2.99. The Hall–Kier alpha value is -1.00. The molecule has 1 amide bonds. The number of thioether (sulfide) groups is 1. The van der Waals surface area contributed by atoms with Crippen molar-refractivity contribution in [2.75, 3.05) is 17.7 Å². The van der Waals surface area contributed by atoms with Gasteiger partial charge in [-0.2, -0.15) is 0 Å². The summed E-state index contributed by atoms with van der Waals surface area (Å²) in [5, 5.41) is 2.74. The summed E-state index contributed by atoms with van der Waals surface area (Å²) in [6.45, 7) is 2.41. The zero-order chi connectivity index (χ0) is 10.7. The van der Waals surface area contributed by atoms with Crippen LogP contribution in [-0.2, 0) is 9.53 Å². The van der Waals surface area contributed by atoms with Gasteiger partial charge in [-0.05, 0) is 24.3 Å². The van der Waals surface area contributed by atoms with Gasteiger partial charge in [0, 0.05) is 23.3 Å². The molecule has 1 aliphatic rings. The van der Waals surface area contributed by atoms with Crippen molar-refractivity contribution in [3.63, 3.8) is 0 Å². The first-order chi connectivity index (χ1) is 7.24. The van der Waals surface area contributed by atoms with Crippen LogP contribution in [0.25, 0.3) is 0 Å². The first kappa shape index (κ1) is 10.5. The van der Waals surface area contributed by atoms with Crippen LogP contribution in [0.3, 0.4) is 0 Å². The number of rotatable bonds is 4. The Labute approximate surface area is 93.2 Å². The van der Waals surface area contributed by atoms with Crippen LogP contribution in [0, 0.1) is 0 Å². The number of carbonyl (C=O) groups is 1. The quantitative estimate of drug-likeness (QED) is 0.628. The van der Waals surface area contributed by atoms with Crippen LogP contribution in [0.1, 0.15) is 6.92 Å². The molecule has 0 bridgehead atoms. The topological polar surface area (TPSA) is 41.6 Å². The van der Waals surface area contributed by atoms with E-state index in [-0.39, 0.29) is 5.91 Å². The zero-order valence-corrected chi connectivity index (χ0v) is 9.34. The average molecular weight is 223 g/mol. The lowest BCUT2D eigenvalue weighted by Crippen LogP contribution is -2.05. The number of anilines is 1. The number of hydrogen-bond acceptors (Lipinski definition) is 3. The maximum atomic E-state index is 10.8. The third-order valence-electron chi connectivity index (χ3n) is 2.01. The molecule has 0 aromatic heterocycles.